The molecule has 100 valence electrons. The average molecular weight is 265 g/mol. The van der Waals surface area contributed by atoms with Crippen molar-refractivity contribution in [1.29, 1.82) is 0 Å². The molecule has 0 aliphatic heterocycles. The average Bonchev–Trinajstić information content (AvgIpc) is 2.91. The summed E-state index contributed by atoms with van der Waals surface area (Å²) in [6.45, 7) is 2.00. The highest BCUT2D eigenvalue weighted by Crippen LogP contribution is 2.25. The minimum Gasteiger partial charge on any atom is -0.436 e. The summed E-state index contributed by atoms with van der Waals surface area (Å²) in [5, 5.41) is 0. The standard InChI is InChI=1S/C17H15NO2/c1-2-6-15(19)13-9-10-14-16(11-13)20-17(18-14)12-7-4-3-5-8-12/h3-5,7-11H,2,6H2,1H3. The van der Waals surface area contributed by atoms with E-state index in [1.807, 2.05) is 49.4 Å². The Balaban J connectivity index is 2.02. The third kappa shape index (κ3) is 2.35. The lowest BCUT2D eigenvalue weighted by atomic mass is 10.1. The quantitative estimate of drug-likeness (QED) is 0.653. The van der Waals surface area contributed by atoms with Gasteiger partial charge in [-0.25, -0.2) is 4.98 Å². The monoisotopic (exact) mass is 265 g/mol. The molecular weight excluding hydrogens is 250 g/mol. The van der Waals surface area contributed by atoms with E-state index < -0.39 is 0 Å². The number of carbonyl (C=O) groups is 1. The summed E-state index contributed by atoms with van der Waals surface area (Å²) in [7, 11) is 0. The van der Waals surface area contributed by atoms with Crippen molar-refractivity contribution in [3.63, 3.8) is 0 Å². The van der Waals surface area contributed by atoms with Gasteiger partial charge in [0.25, 0.3) is 0 Å². The first kappa shape index (κ1) is 12.6. The smallest absolute Gasteiger partial charge is 0.227 e. The maximum atomic E-state index is 11.9. The van der Waals surface area contributed by atoms with E-state index in [9.17, 15) is 4.79 Å². The van der Waals surface area contributed by atoms with Crippen molar-refractivity contribution in [2.45, 2.75) is 19.8 Å². The summed E-state index contributed by atoms with van der Waals surface area (Å²) in [5.41, 5.74) is 3.06. The minimum absolute atomic E-state index is 0.145. The predicted molar refractivity (Wildman–Crippen MR) is 78.7 cm³/mol. The summed E-state index contributed by atoms with van der Waals surface area (Å²) in [6.07, 6.45) is 1.41. The van der Waals surface area contributed by atoms with Gasteiger partial charge in [-0.05, 0) is 36.8 Å². The van der Waals surface area contributed by atoms with Gasteiger partial charge < -0.3 is 4.42 Å². The molecule has 0 saturated carbocycles. The van der Waals surface area contributed by atoms with Crippen LogP contribution in [0.2, 0.25) is 0 Å². The highest BCUT2D eigenvalue weighted by atomic mass is 16.3. The van der Waals surface area contributed by atoms with Crippen molar-refractivity contribution in [2.75, 3.05) is 0 Å². The van der Waals surface area contributed by atoms with E-state index in [0.29, 0.717) is 23.5 Å². The number of carbonyl (C=O) groups excluding carboxylic acids is 1. The second-order valence-corrected chi connectivity index (χ2v) is 4.74. The molecule has 1 heterocycles. The lowest BCUT2D eigenvalue weighted by Crippen LogP contribution is -1.97. The van der Waals surface area contributed by atoms with Crippen LogP contribution in [0.4, 0.5) is 0 Å². The van der Waals surface area contributed by atoms with Crippen LogP contribution in [0.25, 0.3) is 22.6 Å². The molecule has 0 fully saturated rings. The lowest BCUT2D eigenvalue weighted by molar-refractivity contribution is 0.0982. The highest BCUT2D eigenvalue weighted by Gasteiger charge is 2.11. The van der Waals surface area contributed by atoms with E-state index in [2.05, 4.69) is 4.98 Å². The van der Waals surface area contributed by atoms with Gasteiger partial charge in [-0.15, -0.1) is 0 Å². The third-order valence-corrected chi connectivity index (χ3v) is 3.21. The van der Waals surface area contributed by atoms with Gasteiger partial charge in [0.15, 0.2) is 11.4 Å². The van der Waals surface area contributed by atoms with Crippen LogP contribution in [0.1, 0.15) is 30.1 Å². The van der Waals surface area contributed by atoms with Gasteiger partial charge in [-0.3, -0.25) is 4.79 Å². The number of rotatable bonds is 4. The molecular formula is C17H15NO2. The van der Waals surface area contributed by atoms with Crippen LogP contribution in [0, 0.1) is 0 Å². The van der Waals surface area contributed by atoms with Crippen molar-refractivity contribution >= 4 is 16.9 Å². The number of fused-ring (bicyclic) bond motifs is 1. The summed E-state index contributed by atoms with van der Waals surface area (Å²) in [4.78, 5) is 16.4. The molecule has 0 spiro atoms. The zero-order valence-electron chi connectivity index (χ0n) is 11.3. The number of hydrogen-bond donors (Lipinski definition) is 0. The Labute approximate surface area is 117 Å². The van der Waals surface area contributed by atoms with Crippen LogP contribution in [0.3, 0.4) is 0 Å². The molecule has 0 bridgehead atoms. The molecule has 0 saturated heterocycles. The van der Waals surface area contributed by atoms with Crippen LogP contribution >= 0.6 is 0 Å². The Morgan fingerprint density at radius 1 is 1.15 bits per heavy atom. The van der Waals surface area contributed by atoms with E-state index in [0.717, 1.165) is 17.5 Å². The molecule has 3 aromatic rings. The van der Waals surface area contributed by atoms with Crippen molar-refractivity contribution < 1.29 is 9.21 Å². The third-order valence-electron chi connectivity index (χ3n) is 3.21. The van der Waals surface area contributed by atoms with Crippen molar-refractivity contribution in [2.24, 2.45) is 0 Å². The van der Waals surface area contributed by atoms with Gasteiger partial charge in [0.1, 0.15) is 5.52 Å². The van der Waals surface area contributed by atoms with Gasteiger partial charge >= 0.3 is 0 Å². The lowest BCUT2D eigenvalue weighted by Gasteiger charge is -1.97. The molecule has 1 aromatic heterocycles. The first-order valence-corrected chi connectivity index (χ1v) is 6.77. The topological polar surface area (TPSA) is 43.1 Å². The summed E-state index contributed by atoms with van der Waals surface area (Å²) in [6, 6.07) is 15.2. The van der Waals surface area contributed by atoms with Gasteiger partial charge in [0.05, 0.1) is 0 Å². The van der Waals surface area contributed by atoms with Crippen LogP contribution in [-0.4, -0.2) is 10.8 Å². The SMILES string of the molecule is CCCC(=O)c1ccc2nc(-c3ccccc3)oc2c1. The predicted octanol–water partition coefficient (Wildman–Crippen LogP) is 4.48. The Hall–Kier alpha value is -2.42. The zero-order chi connectivity index (χ0) is 13.9. The fourth-order valence-corrected chi connectivity index (χ4v) is 2.17. The maximum absolute atomic E-state index is 11.9. The largest absolute Gasteiger partial charge is 0.436 e. The Bertz CT molecular complexity index is 744. The molecule has 0 unspecified atom stereocenters. The van der Waals surface area contributed by atoms with E-state index in [1.165, 1.54) is 0 Å². The van der Waals surface area contributed by atoms with Gasteiger partial charge in [-0.1, -0.05) is 25.1 Å². The molecule has 0 atom stereocenters. The minimum atomic E-state index is 0.145. The number of hydrogen-bond acceptors (Lipinski definition) is 3. The van der Waals surface area contributed by atoms with Gasteiger partial charge in [-0.2, -0.15) is 0 Å². The Morgan fingerprint density at radius 3 is 2.70 bits per heavy atom. The highest BCUT2D eigenvalue weighted by molar-refractivity contribution is 5.98. The van der Waals surface area contributed by atoms with E-state index >= 15 is 0 Å². The number of oxazole rings is 1. The first-order chi connectivity index (χ1) is 9.78. The molecule has 0 N–H and O–H groups in total. The Morgan fingerprint density at radius 2 is 1.95 bits per heavy atom. The number of ketones is 1. The van der Waals surface area contributed by atoms with Crippen molar-refractivity contribution in [1.82, 2.24) is 4.98 Å². The fraction of sp³-hybridized carbons (Fsp3) is 0.176. The molecule has 2 aromatic carbocycles. The van der Waals surface area contributed by atoms with Crippen LogP contribution in [-0.2, 0) is 0 Å². The van der Waals surface area contributed by atoms with Crippen LogP contribution < -0.4 is 0 Å². The van der Waals surface area contributed by atoms with Crippen molar-refractivity contribution in [3.8, 4) is 11.5 Å². The number of benzene rings is 2. The normalized spacial score (nSPS) is 10.8. The second-order valence-electron chi connectivity index (χ2n) is 4.74. The van der Waals surface area contributed by atoms with Crippen LogP contribution in [0.15, 0.2) is 52.9 Å². The van der Waals surface area contributed by atoms with Gasteiger partial charge in [0, 0.05) is 17.5 Å². The molecule has 0 aliphatic rings. The van der Waals surface area contributed by atoms with E-state index in [1.54, 1.807) is 6.07 Å². The summed E-state index contributed by atoms with van der Waals surface area (Å²) in [5.74, 6) is 0.729. The fourth-order valence-electron chi connectivity index (χ4n) is 2.17. The first-order valence-electron chi connectivity index (χ1n) is 6.77. The molecule has 0 radical (unpaired) electrons. The number of aromatic nitrogens is 1. The van der Waals surface area contributed by atoms with Gasteiger partial charge in [0.2, 0.25) is 5.89 Å². The number of Topliss-reactive ketones (excluding diaryl/α,β-unsaturated/α-hetero) is 1. The van der Waals surface area contributed by atoms with E-state index in [4.69, 9.17) is 4.42 Å². The Kier molecular flexibility index (Phi) is 3.33. The second kappa shape index (κ2) is 5.29. The molecule has 0 aliphatic carbocycles. The number of nitrogens with zero attached hydrogens (tertiary/aromatic N) is 1. The van der Waals surface area contributed by atoms with Crippen molar-refractivity contribution in [3.05, 3.63) is 54.1 Å². The molecule has 3 rings (SSSR count). The summed E-state index contributed by atoms with van der Waals surface area (Å²) >= 11 is 0. The van der Waals surface area contributed by atoms with E-state index in [-0.39, 0.29) is 5.78 Å². The summed E-state index contributed by atoms with van der Waals surface area (Å²) < 4.78 is 5.76. The maximum Gasteiger partial charge on any atom is 0.227 e. The molecule has 0 amide bonds. The molecule has 3 heteroatoms. The zero-order valence-corrected chi connectivity index (χ0v) is 11.3. The molecule has 20 heavy (non-hydrogen) atoms. The van der Waals surface area contributed by atoms with Crippen LogP contribution in [0.5, 0.6) is 0 Å². The molecule has 3 nitrogen and oxygen atoms in total.